The van der Waals surface area contributed by atoms with Gasteiger partial charge in [-0.05, 0) is 44.0 Å². The van der Waals surface area contributed by atoms with E-state index in [0.717, 1.165) is 18.8 Å². The molecule has 0 aliphatic carbocycles. The Balaban J connectivity index is 1.86. The normalized spacial score (nSPS) is 10.3. The highest BCUT2D eigenvalue weighted by atomic mass is 16.6. The molecule has 0 saturated carbocycles. The van der Waals surface area contributed by atoms with Crippen LogP contribution in [0.15, 0.2) is 36.4 Å². The minimum absolute atomic E-state index is 0.106. The van der Waals surface area contributed by atoms with Crippen molar-refractivity contribution in [1.82, 2.24) is 0 Å². The Morgan fingerprint density at radius 2 is 1.50 bits per heavy atom. The summed E-state index contributed by atoms with van der Waals surface area (Å²) in [7, 11) is 0. The lowest BCUT2D eigenvalue weighted by atomic mass is 10.1. The number of non-ortho nitro benzene ring substituents is 1. The molecule has 116 valence electrons. The summed E-state index contributed by atoms with van der Waals surface area (Å²) < 4.78 is 0. The molecule has 0 bridgehead atoms. The van der Waals surface area contributed by atoms with Crippen LogP contribution in [0.2, 0.25) is 0 Å². The lowest BCUT2D eigenvalue weighted by Gasteiger charge is -2.14. The topological polar surface area (TPSA) is 67.2 Å². The molecule has 0 amide bonds. The second-order valence-electron chi connectivity index (χ2n) is 5.43. The molecule has 0 unspecified atom stereocenters. The number of rotatable bonds is 6. The second-order valence-corrected chi connectivity index (χ2v) is 5.43. The van der Waals surface area contributed by atoms with Gasteiger partial charge in [0.1, 0.15) is 0 Å². The first-order valence-corrected chi connectivity index (χ1v) is 7.27. The molecule has 0 radical (unpaired) electrons. The molecule has 0 heterocycles. The fraction of sp³-hybridized carbons (Fsp3) is 0.294. The van der Waals surface area contributed by atoms with Crippen LogP contribution in [-0.2, 0) is 0 Å². The van der Waals surface area contributed by atoms with Crippen LogP contribution in [0.3, 0.4) is 0 Å². The number of hydrogen-bond acceptors (Lipinski definition) is 4. The Kier molecular flexibility index (Phi) is 4.99. The monoisotopic (exact) mass is 299 g/mol. The van der Waals surface area contributed by atoms with Crippen molar-refractivity contribution in [3.05, 3.63) is 63.2 Å². The SMILES string of the molecule is Cc1cc(C)c(NCCNc2ccc([N+](=O)[O-])cc2)c(C)c1. The van der Waals surface area contributed by atoms with Crippen LogP contribution in [-0.4, -0.2) is 18.0 Å². The van der Waals surface area contributed by atoms with Gasteiger partial charge < -0.3 is 10.6 Å². The minimum Gasteiger partial charge on any atom is -0.383 e. The van der Waals surface area contributed by atoms with Crippen LogP contribution in [0.4, 0.5) is 17.1 Å². The Morgan fingerprint density at radius 3 is 2.05 bits per heavy atom. The fourth-order valence-corrected chi connectivity index (χ4v) is 2.55. The first-order chi connectivity index (χ1) is 10.5. The molecule has 0 aromatic heterocycles. The van der Waals surface area contributed by atoms with Gasteiger partial charge in [0.05, 0.1) is 4.92 Å². The molecule has 2 aromatic carbocycles. The summed E-state index contributed by atoms with van der Waals surface area (Å²) in [5.74, 6) is 0. The summed E-state index contributed by atoms with van der Waals surface area (Å²) in [6.07, 6.45) is 0. The number of benzene rings is 2. The minimum atomic E-state index is -0.395. The number of nitro benzene ring substituents is 1. The van der Waals surface area contributed by atoms with E-state index in [0.29, 0.717) is 0 Å². The van der Waals surface area contributed by atoms with Crippen molar-refractivity contribution in [2.24, 2.45) is 0 Å². The van der Waals surface area contributed by atoms with Crippen LogP contribution < -0.4 is 10.6 Å². The third-order valence-corrected chi connectivity index (χ3v) is 3.51. The average Bonchev–Trinajstić information content (AvgIpc) is 2.46. The van der Waals surface area contributed by atoms with Gasteiger partial charge in [0, 0.05) is 36.6 Å². The molecule has 22 heavy (non-hydrogen) atoms. The van der Waals surface area contributed by atoms with Crippen LogP contribution in [0, 0.1) is 30.9 Å². The average molecular weight is 299 g/mol. The van der Waals surface area contributed by atoms with E-state index in [1.807, 2.05) is 0 Å². The number of nitro groups is 1. The van der Waals surface area contributed by atoms with Crippen molar-refractivity contribution < 1.29 is 4.92 Å². The maximum Gasteiger partial charge on any atom is 0.269 e. The van der Waals surface area contributed by atoms with E-state index in [1.165, 1.54) is 34.5 Å². The van der Waals surface area contributed by atoms with Crippen LogP contribution in [0.1, 0.15) is 16.7 Å². The fourth-order valence-electron chi connectivity index (χ4n) is 2.55. The molecule has 0 fully saturated rings. The van der Waals surface area contributed by atoms with E-state index in [9.17, 15) is 10.1 Å². The zero-order valence-corrected chi connectivity index (χ0v) is 13.1. The predicted octanol–water partition coefficient (Wildman–Crippen LogP) is 4.04. The first-order valence-electron chi connectivity index (χ1n) is 7.27. The molecule has 0 atom stereocenters. The standard InChI is InChI=1S/C17H21N3O2/c1-12-10-13(2)17(14(3)11-12)19-9-8-18-15-4-6-16(7-5-15)20(21)22/h4-7,10-11,18-19H,8-9H2,1-3H3. The summed E-state index contributed by atoms with van der Waals surface area (Å²) in [5, 5.41) is 17.3. The number of hydrogen-bond donors (Lipinski definition) is 2. The van der Waals surface area contributed by atoms with Gasteiger partial charge in [0.15, 0.2) is 0 Å². The highest BCUT2D eigenvalue weighted by Gasteiger charge is 2.04. The molecule has 2 rings (SSSR count). The van der Waals surface area contributed by atoms with Gasteiger partial charge in [-0.2, -0.15) is 0 Å². The van der Waals surface area contributed by atoms with E-state index < -0.39 is 4.92 Å². The van der Waals surface area contributed by atoms with Gasteiger partial charge in [0.2, 0.25) is 0 Å². The van der Waals surface area contributed by atoms with Crippen LogP contribution >= 0.6 is 0 Å². The molecule has 5 nitrogen and oxygen atoms in total. The summed E-state index contributed by atoms with van der Waals surface area (Å²) in [5.41, 5.74) is 5.92. The third kappa shape index (κ3) is 3.97. The van der Waals surface area contributed by atoms with Crippen molar-refractivity contribution in [1.29, 1.82) is 0 Å². The van der Waals surface area contributed by atoms with Gasteiger partial charge in [-0.3, -0.25) is 10.1 Å². The van der Waals surface area contributed by atoms with Crippen LogP contribution in [0.25, 0.3) is 0 Å². The van der Waals surface area contributed by atoms with E-state index in [-0.39, 0.29) is 5.69 Å². The Bertz CT molecular complexity index is 643. The van der Waals surface area contributed by atoms with Gasteiger partial charge in [0.25, 0.3) is 5.69 Å². The van der Waals surface area contributed by atoms with Crippen molar-refractivity contribution in [2.75, 3.05) is 23.7 Å². The molecule has 5 heteroatoms. The highest BCUT2D eigenvalue weighted by molar-refractivity contribution is 5.58. The van der Waals surface area contributed by atoms with E-state index >= 15 is 0 Å². The van der Waals surface area contributed by atoms with Crippen molar-refractivity contribution in [2.45, 2.75) is 20.8 Å². The molecule has 0 saturated heterocycles. The summed E-state index contributed by atoms with van der Waals surface area (Å²) in [6, 6.07) is 10.8. The van der Waals surface area contributed by atoms with Gasteiger partial charge in [-0.15, -0.1) is 0 Å². The maximum absolute atomic E-state index is 10.6. The van der Waals surface area contributed by atoms with E-state index in [4.69, 9.17) is 0 Å². The first kappa shape index (κ1) is 15.8. The molecule has 0 aliphatic rings. The molecule has 2 N–H and O–H groups in total. The van der Waals surface area contributed by atoms with Gasteiger partial charge >= 0.3 is 0 Å². The zero-order valence-electron chi connectivity index (χ0n) is 13.1. The van der Waals surface area contributed by atoms with Crippen molar-refractivity contribution >= 4 is 17.1 Å². The van der Waals surface area contributed by atoms with Crippen molar-refractivity contribution in [3.8, 4) is 0 Å². The predicted molar refractivity (Wildman–Crippen MR) is 90.7 cm³/mol. The molecular formula is C17H21N3O2. The Labute approximate surface area is 130 Å². The smallest absolute Gasteiger partial charge is 0.269 e. The number of nitrogens with zero attached hydrogens (tertiary/aromatic N) is 1. The molecular weight excluding hydrogens is 278 g/mol. The summed E-state index contributed by atoms with van der Waals surface area (Å²) in [4.78, 5) is 10.2. The van der Waals surface area contributed by atoms with E-state index in [2.05, 4.69) is 43.5 Å². The highest BCUT2D eigenvalue weighted by Crippen LogP contribution is 2.21. The van der Waals surface area contributed by atoms with Crippen LogP contribution in [0.5, 0.6) is 0 Å². The Morgan fingerprint density at radius 1 is 0.955 bits per heavy atom. The molecule has 0 aliphatic heterocycles. The lowest BCUT2D eigenvalue weighted by molar-refractivity contribution is -0.384. The van der Waals surface area contributed by atoms with Gasteiger partial charge in [-0.25, -0.2) is 0 Å². The molecule has 0 spiro atoms. The summed E-state index contributed by atoms with van der Waals surface area (Å²) in [6.45, 7) is 7.82. The Hall–Kier alpha value is -2.56. The number of aryl methyl sites for hydroxylation is 3. The number of nitrogens with one attached hydrogen (secondary N) is 2. The van der Waals surface area contributed by atoms with E-state index in [1.54, 1.807) is 12.1 Å². The quantitative estimate of drug-likeness (QED) is 0.480. The second kappa shape index (κ2) is 6.93. The van der Waals surface area contributed by atoms with Crippen molar-refractivity contribution in [3.63, 3.8) is 0 Å². The zero-order chi connectivity index (χ0) is 16.1. The van der Waals surface area contributed by atoms with Gasteiger partial charge in [-0.1, -0.05) is 17.7 Å². The largest absolute Gasteiger partial charge is 0.383 e. The number of anilines is 2. The lowest BCUT2D eigenvalue weighted by Crippen LogP contribution is -2.15. The molecule has 2 aromatic rings. The summed E-state index contributed by atoms with van der Waals surface area (Å²) >= 11 is 0. The maximum atomic E-state index is 10.6. The third-order valence-electron chi connectivity index (χ3n) is 3.51.